The Balaban J connectivity index is 1.95. The van der Waals surface area contributed by atoms with Crippen molar-refractivity contribution in [2.75, 3.05) is 6.54 Å². The van der Waals surface area contributed by atoms with E-state index in [0.29, 0.717) is 19.5 Å². The summed E-state index contributed by atoms with van der Waals surface area (Å²) in [6, 6.07) is 3.12. The Morgan fingerprint density at radius 1 is 1.33 bits per heavy atom. The molecule has 1 aliphatic rings. The summed E-state index contributed by atoms with van der Waals surface area (Å²) in [6.07, 6.45) is 4.26. The fraction of sp³-hybridized carbons (Fsp3) is 0.600. The molecule has 0 radical (unpaired) electrons. The first-order valence-corrected chi connectivity index (χ1v) is 8.28. The molecule has 5 nitrogen and oxygen atoms in total. The van der Waals surface area contributed by atoms with E-state index >= 15 is 0 Å². The molecule has 2 heterocycles. The number of thiophene rings is 1. The zero-order valence-electron chi connectivity index (χ0n) is 12.3. The Morgan fingerprint density at radius 2 is 2.10 bits per heavy atom. The molecular formula is C15H22N2O3S. The van der Waals surface area contributed by atoms with E-state index in [1.807, 2.05) is 6.07 Å². The van der Waals surface area contributed by atoms with Crippen molar-refractivity contribution in [3.63, 3.8) is 0 Å². The molecule has 1 saturated heterocycles. The molecule has 1 aromatic rings. The second-order valence-electron chi connectivity index (χ2n) is 5.28. The van der Waals surface area contributed by atoms with Crippen LogP contribution in [0.1, 0.15) is 42.4 Å². The first kappa shape index (κ1) is 15.8. The van der Waals surface area contributed by atoms with E-state index in [0.717, 1.165) is 30.6 Å². The molecular weight excluding hydrogens is 288 g/mol. The predicted molar refractivity (Wildman–Crippen MR) is 82.5 cm³/mol. The molecule has 2 amide bonds. The zero-order chi connectivity index (χ0) is 15.2. The van der Waals surface area contributed by atoms with Crippen LogP contribution in [0.5, 0.6) is 0 Å². The van der Waals surface area contributed by atoms with E-state index in [9.17, 15) is 14.7 Å². The molecule has 2 rings (SSSR count). The number of carboxylic acids is 1. The molecule has 1 fully saturated rings. The number of nitrogens with one attached hydrogen (secondary N) is 1. The highest BCUT2D eigenvalue weighted by atomic mass is 32.1. The van der Waals surface area contributed by atoms with Gasteiger partial charge in [-0.1, -0.05) is 19.8 Å². The van der Waals surface area contributed by atoms with Crippen LogP contribution in [0, 0.1) is 0 Å². The Kier molecular flexibility index (Phi) is 5.61. The van der Waals surface area contributed by atoms with Crippen molar-refractivity contribution in [2.24, 2.45) is 0 Å². The topological polar surface area (TPSA) is 69.6 Å². The van der Waals surface area contributed by atoms with E-state index in [4.69, 9.17) is 0 Å². The highest BCUT2D eigenvalue weighted by Crippen LogP contribution is 2.19. The van der Waals surface area contributed by atoms with E-state index < -0.39 is 12.0 Å². The van der Waals surface area contributed by atoms with Crippen molar-refractivity contribution in [3.8, 4) is 0 Å². The number of rotatable bonds is 4. The summed E-state index contributed by atoms with van der Waals surface area (Å²) in [7, 11) is 0. The first-order valence-electron chi connectivity index (χ1n) is 7.46. The standard InChI is InChI=1S/C15H22N2O3S/c1-2-11-7-8-12(21-11)10-16-15(20)17-9-5-3-4-6-13(17)14(18)19/h7-8,13H,2-6,9-10H2,1H3,(H,16,20)(H,18,19). The number of hydrogen-bond donors (Lipinski definition) is 2. The summed E-state index contributed by atoms with van der Waals surface area (Å²) in [5, 5.41) is 12.1. The van der Waals surface area contributed by atoms with Gasteiger partial charge >= 0.3 is 12.0 Å². The van der Waals surface area contributed by atoms with Gasteiger partial charge in [0, 0.05) is 16.3 Å². The van der Waals surface area contributed by atoms with Gasteiger partial charge in [-0.05, 0) is 31.4 Å². The van der Waals surface area contributed by atoms with Crippen LogP contribution in [0.2, 0.25) is 0 Å². The lowest BCUT2D eigenvalue weighted by molar-refractivity contribution is -0.142. The minimum Gasteiger partial charge on any atom is -0.480 e. The molecule has 6 heteroatoms. The summed E-state index contributed by atoms with van der Waals surface area (Å²) < 4.78 is 0. The third-order valence-electron chi connectivity index (χ3n) is 3.78. The second-order valence-corrected chi connectivity index (χ2v) is 6.53. The Morgan fingerprint density at radius 3 is 2.76 bits per heavy atom. The quantitative estimate of drug-likeness (QED) is 0.898. The lowest BCUT2D eigenvalue weighted by Gasteiger charge is -2.27. The number of carboxylic acid groups (broad SMARTS) is 1. The minimum atomic E-state index is -0.906. The Hall–Kier alpha value is -1.56. The molecule has 116 valence electrons. The van der Waals surface area contributed by atoms with Gasteiger partial charge in [0.05, 0.1) is 6.54 Å². The van der Waals surface area contributed by atoms with Crippen LogP contribution in [0.25, 0.3) is 0 Å². The molecule has 2 N–H and O–H groups in total. The molecule has 0 aromatic carbocycles. The molecule has 1 aliphatic heterocycles. The van der Waals surface area contributed by atoms with Gasteiger partial charge < -0.3 is 15.3 Å². The monoisotopic (exact) mass is 310 g/mol. The number of urea groups is 1. The van der Waals surface area contributed by atoms with Gasteiger partial charge in [0.2, 0.25) is 0 Å². The normalized spacial score (nSPS) is 19.1. The lowest BCUT2D eigenvalue weighted by Crippen LogP contribution is -2.49. The van der Waals surface area contributed by atoms with Crippen LogP contribution in [0.4, 0.5) is 4.79 Å². The van der Waals surface area contributed by atoms with Crippen LogP contribution in [0.3, 0.4) is 0 Å². The molecule has 1 atom stereocenters. The average Bonchev–Trinajstić information content (AvgIpc) is 2.78. The summed E-state index contributed by atoms with van der Waals surface area (Å²) in [5.74, 6) is -0.906. The summed E-state index contributed by atoms with van der Waals surface area (Å²) >= 11 is 1.68. The summed E-state index contributed by atoms with van der Waals surface area (Å²) in [6.45, 7) is 3.09. The van der Waals surface area contributed by atoms with Crippen LogP contribution in [-0.2, 0) is 17.8 Å². The zero-order valence-corrected chi connectivity index (χ0v) is 13.1. The van der Waals surface area contributed by atoms with Crippen LogP contribution >= 0.6 is 11.3 Å². The maximum absolute atomic E-state index is 12.3. The molecule has 0 aliphatic carbocycles. The largest absolute Gasteiger partial charge is 0.480 e. The number of carbonyl (C=O) groups excluding carboxylic acids is 1. The highest BCUT2D eigenvalue weighted by molar-refractivity contribution is 7.11. The number of hydrogen-bond acceptors (Lipinski definition) is 3. The first-order chi connectivity index (χ1) is 10.1. The van der Waals surface area contributed by atoms with Gasteiger partial charge in [-0.25, -0.2) is 9.59 Å². The van der Waals surface area contributed by atoms with Gasteiger partial charge in [0.15, 0.2) is 0 Å². The van der Waals surface area contributed by atoms with Crippen molar-refractivity contribution < 1.29 is 14.7 Å². The van der Waals surface area contributed by atoms with Crippen molar-refractivity contribution in [3.05, 3.63) is 21.9 Å². The van der Waals surface area contributed by atoms with Crippen molar-refractivity contribution in [2.45, 2.75) is 51.6 Å². The van der Waals surface area contributed by atoms with Crippen molar-refractivity contribution >= 4 is 23.3 Å². The SMILES string of the molecule is CCc1ccc(CNC(=O)N2CCCCCC2C(=O)O)s1. The maximum Gasteiger partial charge on any atom is 0.326 e. The maximum atomic E-state index is 12.3. The minimum absolute atomic E-state index is 0.268. The summed E-state index contributed by atoms with van der Waals surface area (Å²) in [5.41, 5.74) is 0. The third kappa shape index (κ3) is 4.20. The van der Waals surface area contributed by atoms with Gasteiger partial charge in [0.1, 0.15) is 6.04 Å². The molecule has 21 heavy (non-hydrogen) atoms. The Labute approximate surface area is 129 Å². The fourth-order valence-corrected chi connectivity index (χ4v) is 3.48. The highest BCUT2D eigenvalue weighted by Gasteiger charge is 2.30. The molecule has 1 unspecified atom stereocenters. The number of nitrogens with zero attached hydrogens (tertiary/aromatic N) is 1. The molecule has 0 bridgehead atoms. The van der Waals surface area contributed by atoms with Crippen LogP contribution in [-0.4, -0.2) is 34.6 Å². The van der Waals surface area contributed by atoms with E-state index in [1.165, 1.54) is 9.78 Å². The number of likely N-dealkylation sites (tertiary alicyclic amines) is 1. The smallest absolute Gasteiger partial charge is 0.326 e. The molecule has 1 aromatic heterocycles. The number of carbonyl (C=O) groups is 2. The van der Waals surface area contributed by atoms with E-state index in [1.54, 1.807) is 11.3 Å². The van der Waals surface area contributed by atoms with Crippen LogP contribution < -0.4 is 5.32 Å². The molecule has 0 saturated carbocycles. The van der Waals surface area contributed by atoms with Gasteiger partial charge in [-0.15, -0.1) is 11.3 Å². The van der Waals surface area contributed by atoms with Gasteiger partial charge in [-0.2, -0.15) is 0 Å². The van der Waals surface area contributed by atoms with Crippen molar-refractivity contribution in [1.29, 1.82) is 0 Å². The second kappa shape index (κ2) is 7.45. The van der Waals surface area contributed by atoms with Crippen molar-refractivity contribution in [1.82, 2.24) is 10.2 Å². The fourth-order valence-electron chi connectivity index (χ4n) is 2.58. The van der Waals surface area contributed by atoms with Crippen LogP contribution in [0.15, 0.2) is 12.1 Å². The average molecular weight is 310 g/mol. The Bertz CT molecular complexity index is 501. The number of amides is 2. The van der Waals surface area contributed by atoms with E-state index in [-0.39, 0.29) is 6.03 Å². The summed E-state index contributed by atoms with van der Waals surface area (Å²) in [4.78, 5) is 27.5. The number of aliphatic carboxylic acids is 1. The third-order valence-corrected chi connectivity index (χ3v) is 5.01. The predicted octanol–water partition coefficient (Wildman–Crippen LogP) is 2.85. The number of aryl methyl sites for hydroxylation is 1. The lowest BCUT2D eigenvalue weighted by atomic mass is 10.1. The molecule has 0 spiro atoms. The van der Waals surface area contributed by atoms with E-state index in [2.05, 4.69) is 18.3 Å². The van der Waals surface area contributed by atoms with Gasteiger partial charge in [0.25, 0.3) is 0 Å². The van der Waals surface area contributed by atoms with Gasteiger partial charge in [-0.3, -0.25) is 0 Å².